The minimum Gasteiger partial charge on any atom is -0.478 e. The number of carbonyl (C=O) groups excluding carboxylic acids is 2. The SMILES string of the molecule is COC(=O)C[C@H](NC(=O)C1=C(C(=O)O)CCCC1)c1cccc(Cl)c1Cl. The summed E-state index contributed by atoms with van der Waals surface area (Å²) in [6.45, 7) is 0. The van der Waals surface area contributed by atoms with Crippen molar-refractivity contribution in [2.24, 2.45) is 0 Å². The van der Waals surface area contributed by atoms with Gasteiger partial charge < -0.3 is 15.2 Å². The number of halogens is 2. The lowest BCUT2D eigenvalue weighted by atomic mass is 9.90. The molecule has 6 nitrogen and oxygen atoms in total. The molecule has 0 aromatic heterocycles. The predicted octanol–water partition coefficient (Wildman–Crippen LogP) is 3.67. The molecule has 0 bridgehead atoms. The number of hydrogen-bond donors (Lipinski definition) is 2. The molecular weight excluding hydrogens is 381 g/mol. The van der Waals surface area contributed by atoms with E-state index in [2.05, 4.69) is 10.1 Å². The molecule has 2 rings (SSSR count). The first-order valence-electron chi connectivity index (χ1n) is 8.12. The summed E-state index contributed by atoms with van der Waals surface area (Å²) < 4.78 is 4.69. The Labute approximate surface area is 161 Å². The number of esters is 1. The average Bonchev–Trinajstić information content (AvgIpc) is 2.63. The number of methoxy groups -OCH3 is 1. The van der Waals surface area contributed by atoms with Crippen LogP contribution in [0, 0.1) is 0 Å². The zero-order valence-electron chi connectivity index (χ0n) is 14.2. The fraction of sp³-hybridized carbons (Fsp3) is 0.389. The van der Waals surface area contributed by atoms with Gasteiger partial charge in [0.05, 0.1) is 29.6 Å². The van der Waals surface area contributed by atoms with Crippen molar-refractivity contribution >= 4 is 41.0 Å². The highest BCUT2D eigenvalue weighted by atomic mass is 35.5. The third-order valence-electron chi connectivity index (χ3n) is 4.26. The van der Waals surface area contributed by atoms with Gasteiger partial charge in [0.25, 0.3) is 0 Å². The molecule has 1 aliphatic carbocycles. The van der Waals surface area contributed by atoms with Crippen LogP contribution in [0.2, 0.25) is 10.0 Å². The van der Waals surface area contributed by atoms with Crippen molar-refractivity contribution in [1.29, 1.82) is 0 Å². The van der Waals surface area contributed by atoms with Gasteiger partial charge in [0.1, 0.15) is 0 Å². The zero-order chi connectivity index (χ0) is 19.3. The van der Waals surface area contributed by atoms with Crippen LogP contribution in [0.15, 0.2) is 29.3 Å². The highest BCUT2D eigenvalue weighted by molar-refractivity contribution is 6.42. The third kappa shape index (κ3) is 4.77. The molecule has 0 saturated carbocycles. The lowest BCUT2D eigenvalue weighted by Gasteiger charge is -2.23. The van der Waals surface area contributed by atoms with Crippen LogP contribution in [0.4, 0.5) is 0 Å². The molecule has 1 aromatic rings. The molecule has 0 fully saturated rings. The van der Waals surface area contributed by atoms with Gasteiger partial charge in [-0.3, -0.25) is 9.59 Å². The summed E-state index contributed by atoms with van der Waals surface area (Å²) in [6.07, 6.45) is 2.03. The highest BCUT2D eigenvalue weighted by Gasteiger charge is 2.27. The number of rotatable bonds is 6. The van der Waals surface area contributed by atoms with Gasteiger partial charge in [-0.2, -0.15) is 0 Å². The lowest BCUT2D eigenvalue weighted by Crippen LogP contribution is -2.33. The molecule has 2 N–H and O–H groups in total. The van der Waals surface area contributed by atoms with E-state index in [4.69, 9.17) is 23.2 Å². The first-order valence-corrected chi connectivity index (χ1v) is 8.87. The van der Waals surface area contributed by atoms with Gasteiger partial charge >= 0.3 is 11.9 Å². The van der Waals surface area contributed by atoms with Crippen LogP contribution >= 0.6 is 23.2 Å². The van der Waals surface area contributed by atoms with E-state index in [0.29, 0.717) is 18.4 Å². The van der Waals surface area contributed by atoms with Crippen molar-refractivity contribution in [2.45, 2.75) is 38.1 Å². The van der Waals surface area contributed by atoms with Crippen molar-refractivity contribution in [1.82, 2.24) is 5.32 Å². The van der Waals surface area contributed by atoms with Gasteiger partial charge in [-0.15, -0.1) is 0 Å². The molecule has 0 spiro atoms. The molecule has 0 heterocycles. The van der Waals surface area contributed by atoms with Crippen LogP contribution in [0.25, 0.3) is 0 Å². The molecule has 0 unspecified atom stereocenters. The second-order valence-electron chi connectivity index (χ2n) is 5.92. The van der Waals surface area contributed by atoms with Crippen molar-refractivity contribution in [3.63, 3.8) is 0 Å². The summed E-state index contributed by atoms with van der Waals surface area (Å²) in [5.74, 6) is -2.16. The molecule has 1 atom stereocenters. The van der Waals surface area contributed by atoms with Crippen LogP contribution in [0.5, 0.6) is 0 Å². The monoisotopic (exact) mass is 399 g/mol. The van der Waals surface area contributed by atoms with E-state index in [0.717, 1.165) is 12.8 Å². The highest BCUT2D eigenvalue weighted by Crippen LogP contribution is 2.32. The largest absolute Gasteiger partial charge is 0.478 e. The third-order valence-corrected chi connectivity index (χ3v) is 5.09. The average molecular weight is 400 g/mol. The quantitative estimate of drug-likeness (QED) is 0.711. The summed E-state index contributed by atoms with van der Waals surface area (Å²) >= 11 is 12.3. The molecule has 26 heavy (non-hydrogen) atoms. The molecular formula is C18H19Cl2NO5. The smallest absolute Gasteiger partial charge is 0.332 e. The van der Waals surface area contributed by atoms with E-state index < -0.39 is 23.9 Å². The number of hydrogen-bond acceptors (Lipinski definition) is 4. The Morgan fingerprint density at radius 1 is 1.19 bits per heavy atom. The Kier molecular flexibility index (Phi) is 7.06. The Hall–Kier alpha value is -2.05. The van der Waals surface area contributed by atoms with Crippen LogP contribution in [-0.2, 0) is 19.1 Å². The topological polar surface area (TPSA) is 92.7 Å². The van der Waals surface area contributed by atoms with E-state index in [9.17, 15) is 19.5 Å². The maximum absolute atomic E-state index is 12.7. The normalized spacial score (nSPS) is 15.3. The number of nitrogens with one attached hydrogen (secondary N) is 1. The minimum atomic E-state index is -1.10. The number of aliphatic carboxylic acids is 1. The van der Waals surface area contributed by atoms with Crippen molar-refractivity contribution in [3.05, 3.63) is 45.0 Å². The Morgan fingerprint density at radius 3 is 2.46 bits per heavy atom. The summed E-state index contributed by atoms with van der Waals surface area (Å²) in [5.41, 5.74) is 0.811. The fourth-order valence-corrected chi connectivity index (χ4v) is 3.36. The van der Waals surface area contributed by atoms with Gasteiger partial charge in [0.15, 0.2) is 0 Å². The summed E-state index contributed by atoms with van der Waals surface area (Å²) in [4.78, 5) is 35.9. The molecule has 0 saturated heterocycles. The van der Waals surface area contributed by atoms with E-state index in [1.54, 1.807) is 18.2 Å². The van der Waals surface area contributed by atoms with E-state index >= 15 is 0 Å². The van der Waals surface area contributed by atoms with Gasteiger partial charge in [-0.25, -0.2) is 4.79 Å². The number of carboxylic acid groups (broad SMARTS) is 1. The first kappa shape index (κ1) is 20.3. The number of ether oxygens (including phenoxy) is 1. The van der Waals surface area contributed by atoms with Crippen molar-refractivity contribution < 1.29 is 24.2 Å². The van der Waals surface area contributed by atoms with Crippen LogP contribution in [0.3, 0.4) is 0 Å². The second-order valence-corrected chi connectivity index (χ2v) is 6.70. The lowest BCUT2D eigenvalue weighted by molar-refractivity contribution is -0.141. The summed E-state index contributed by atoms with van der Waals surface area (Å²) in [7, 11) is 1.24. The standard InChI is InChI=1S/C18H19Cl2NO5/c1-26-15(22)9-14(12-7-4-8-13(19)16(12)20)21-17(23)10-5-2-3-6-11(10)18(24)25/h4,7-8,14H,2-3,5-6,9H2,1H3,(H,21,23)(H,24,25)/t14-/m0/s1. The molecule has 140 valence electrons. The maximum Gasteiger partial charge on any atom is 0.332 e. The van der Waals surface area contributed by atoms with Gasteiger partial charge in [-0.1, -0.05) is 35.3 Å². The second kappa shape index (κ2) is 9.05. The Balaban J connectivity index is 2.34. The summed E-state index contributed by atoms with van der Waals surface area (Å²) in [6, 6.07) is 4.11. The molecule has 1 amide bonds. The minimum absolute atomic E-state index is 0.114. The number of amides is 1. The predicted molar refractivity (Wildman–Crippen MR) is 97.1 cm³/mol. The molecule has 0 radical (unpaired) electrons. The van der Waals surface area contributed by atoms with Crippen molar-refractivity contribution in [2.75, 3.05) is 7.11 Å². The van der Waals surface area contributed by atoms with Crippen LogP contribution in [-0.4, -0.2) is 30.1 Å². The van der Waals surface area contributed by atoms with Crippen molar-refractivity contribution in [3.8, 4) is 0 Å². The first-order chi connectivity index (χ1) is 12.3. The molecule has 8 heteroatoms. The number of benzene rings is 1. The number of carbonyl (C=O) groups is 3. The maximum atomic E-state index is 12.7. The van der Waals surface area contributed by atoms with Gasteiger partial charge in [0, 0.05) is 11.1 Å². The fourth-order valence-electron chi connectivity index (χ4n) is 2.92. The van der Waals surface area contributed by atoms with Crippen LogP contribution < -0.4 is 5.32 Å². The van der Waals surface area contributed by atoms with Gasteiger partial charge in [-0.05, 0) is 37.3 Å². The summed E-state index contributed by atoms with van der Waals surface area (Å²) in [5, 5.41) is 12.5. The molecule has 1 aromatic carbocycles. The Bertz CT molecular complexity index is 760. The van der Waals surface area contributed by atoms with Gasteiger partial charge in [0.2, 0.25) is 5.91 Å². The van der Waals surface area contributed by atoms with E-state index in [-0.39, 0.29) is 27.6 Å². The zero-order valence-corrected chi connectivity index (χ0v) is 15.7. The van der Waals surface area contributed by atoms with E-state index in [1.165, 1.54) is 7.11 Å². The van der Waals surface area contributed by atoms with E-state index in [1.807, 2.05) is 0 Å². The Morgan fingerprint density at radius 2 is 1.85 bits per heavy atom. The van der Waals surface area contributed by atoms with Crippen LogP contribution in [0.1, 0.15) is 43.7 Å². The number of carboxylic acids is 1. The molecule has 0 aliphatic heterocycles. The molecule has 1 aliphatic rings.